The quantitative estimate of drug-likeness (QED) is 0.0212. The highest BCUT2D eigenvalue weighted by Gasteiger charge is 2.25. The average molecular weight is 853 g/mol. The van der Waals surface area contributed by atoms with Gasteiger partial charge in [-0.25, -0.2) is 4.79 Å². The fourth-order valence-electron chi connectivity index (χ4n) is 7.30. The Kier molecular flexibility index (Phi) is 42.2. The van der Waals surface area contributed by atoms with Crippen LogP contribution in [0.25, 0.3) is 0 Å². The van der Waals surface area contributed by atoms with E-state index in [4.69, 9.17) is 18.9 Å². The van der Waals surface area contributed by atoms with Crippen LogP contribution in [0.5, 0.6) is 0 Å². The maximum absolute atomic E-state index is 12.7. The third kappa shape index (κ3) is 44.1. The van der Waals surface area contributed by atoms with Crippen LogP contribution in [-0.4, -0.2) is 87.4 Å². The molecule has 0 rings (SSSR count). The van der Waals surface area contributed by atoms with Gasteiger partial charge in [-0.1, -0.05) is 199 Å². The Labute approximate surface area is 370 Å². The van der Waals surface area contributed by atoms with E-state index in [2.05, 4.69) is 26.0 Å². The van der Waals surface area contributed by atoms with Crippen molar-refractivity contribution in [1.29, 1.82) is 0 Å². The fraction of sp³-hybridized carbons (Fsp3) is 0.902. The summed E-state index contributed by atoms with van der Waals surface area (Å²) in [5.41, 5.74) is 0. The molecule has 0 aromatic rings. The maximum atomic E-state index is 12.7. The Hall–Kier alpha value is -1.97. The predicted molar refractivity (Wildman–Crippen MR) is 249 cm³/mol. The summed E-state index contributed by atoms with van der Waals surface area (Å²) in [5, 5.41) is 9.64. The van der Waals surface area contributed by atoms with Crippen LogP contribution < -0.4 is 0 Å². The molecule has 0 radical (unpaired) electrons. The summed E-state index contributed by atoms with van der Waals surface area (Å²) in [6.07, 6.45) is 44.3. The summed E-state index contributed by atoms with van der Waals surface area (Å²) in [6.45, 7) is 4.87. The van der Waals surface area contributed by atoms with Gasteiger partial charge in [-0.15, -0.1) is 0 Å². The molecule has 9 nitrogen and oxygen atoms in total. The third-order valence-corrected chi connectivity index (χ3v) is 11.3. The minimum Gasteiger partial charge on any atom is -0.477 e. The number of rotatable bonds is 47. The molecule has 0 saturated heterocycles. The number of likely N-dealkylation sites (N-methyl/N-ethyl adjacent to an activating group) is 1. The highest BCUT2D eigenvalue weighted by molar-refractivity contribution is 5.71. The largest absolute Gasteiger partial charge is 0.477 e. The van der Waals surface area contributed by atoms with Crippen LogP contribution in [0.2, 0.25) is 0 Å². The number of carboxylic acids is 1. The van der Waals surface area contributed by atoms with E-state index in [1.54, 1.807) is 0 Å². The molecule has 1 N–H and O–H groups in total. The third-order valence-electron chi connectivity index (χ3n) is 11.3. The molecule has 0 aromatic carbocycles. The molecule has 9 heteroatoms. The summed E-state index contributed by atoms with van der Waals surface area (Å²) in [7, 11) is 5.96. The van der Waals surface area contributed by atoms with Gasteiger partial charge in [0.25, 0.3) is 6.29 Å². The number of unbranched alkanes of at least 4 members (excludes halogenated alkanes) is 30. The molecule has 0 fully saturated rings. The number of ether oxygens (including phenoxy) is 4. The number of aliphatic carboxylic acids is 1. The molecule has 0 aliphatic rings. The van der Waals surface area contributed by atoms with Crippen molar-refractivity contribution >= 4 is 17.9 Å². The van der Waals surface area contributed by atoms with Gasteiger partial charge < -0.3 is 28.5 Å². The summed E-state index contributed by atoms with van der Waals surface area (Å²) >= 11 is 0. The molecule has 0 saturated carbocycles. The number of hydrogen-bond acceptors (Lipinski definition) is 7. The van der Waals surface area contributed by atoms with E-state index in [0.29, 0.717) is 23.9 Å². The van der Waals surface area contributed by atoms with E-state index in [1.807, 2.05) is 21.1 Å². The second-order valence-corrected chi connectivity index (χ2v) is 18.5. The zero-order valence-corrected chi connectivity index (χ0v) is 40.1. The van der Waals surface area contributed by atoms with Gasteiger partial charge >= 0.3 is 17.9 Å². The zero-order chi connectivity index (χ0) is 44.2. The van der Waals surface area contributed by atoms with Gasteiger partial charge in [-0.3, -0.25) is 9.59 Å². The Bertz CT molecular complexity index is 996. The van der Waals surface area contributed by atoms with Gasteiger partial charge in [0.1, 0.15) is 13.2 Å². The summed E-state index contributed by atoms with van der Waals surface area (Å²) in [5.74, 6) is -2.00. The first-order valence-corrected chi connectivity index (χ1v) is 25.4. The molecule has 0 aromatic heterocycles. The van der Waals surface area contributed by atoms with Crippen molar-refractivity contribution < 1.29 is 42.9 Å². The lowest BCUT2D eigenvalue weighted by atomic mass is 10.0. The number of hydrogen-bond donors (Lipinski definition) is 1. The summed E-state index contributed by atoms with van der Waals surface area (Å²) in [6, 6.07) is 0. The number of allylic oxidation sites excluding steroid dienone is 2. The Morgan fingerprint density at radius 2 is 0.850 bits per heavy atom. The molecule has 0 amide bonds. The highest BCUT2D eigenvalue weighted by atomic mass is 16.7. The van der Waals surface area contributed by atoms with Crippen LogP contribution in [0.4, 0.5) is 0 Å². The highest BCUT2D eigenvalue weighted by Crippen LogP contribution is 2.16. The normalized spacial score (nSPS) is 12.9. The van der Waals surface area contributed by atoms with E-state index < -0.39 is 24.3 Å². The predicted octanol–water partition coefficient (Wildman–Crippen LogP) is 13.8. The van der Waals surface area contributed by atoms with Crippen molar-refractivity contribution in [3.05, 3.63) is 12.2 Å². The van der Waals surface area contributed by atoms with Crippen molar-refractivity contribution in [1.82, 2.24) is 0 Å². The van der Waals surface area contributed by atoms with Crippen LogP contribution in [0.15, 0.2) is 12.2 Å². The first-order chi connectivity index (χ1) is 29.1. The van der Waals surface area contributed by atoms with Crippen molar-refractivity contribution in [3.8, 4) is 0 Å². The monoisotopic (exact) mass is 853 g/mol. The summed E-state index contributed by atoms with van der Waals surface area (Å²) < 4.78 is 22.8. The molecule has 0 bridgehead atoms. The van der Waals surface area contributed by atoms with Crippen LogP contribution in [0.3, 0.4) is 0 Å². The molecule has 60 heavy (non-hydrogen) atoms. The standard InChI is InChI=1S/C51H97NO8/c1-6-8-10-12-14-16-18-20-21-22-23-24-25-26-27-28-29-30-32-33-35-37-39-41-48(53)58-45-47(46-59-51(50(55)56)57-44-43-52(3,4)5)60-49(54)42-40-38-36-34-31-19-17-15-13-11-9-7-2/h15,17,47,51H,6-14,16,18-46H2,1-5H3/p+1/b17-15-. The Morgan fingerprint density at radius 1 is 0.483 bits per heavy atom. The lowest BCUT2D eigenvalue weighted by molar-refractivity contribution is -0.870. The molecular weight excluding hydrogens is 755 g/mol. The lowest BCUT2D eigenvalue weighted by Gasteiger charge is -2.25. The SMILES string of the molecule is CCCCC/C=C\CCCCCCCC(=O)OC(COC(=O)CCCCCCCCCCCCCCCCCCCCCCCCC)COC(OCC[N+](C)(C)C)C(=O)O. The molecule has 0 aliphatic carbocycles. The van der Waals surface area contributed by atoms with Crippen molar-refractivity contribution in [2.24, 2.45) is 0 Å². The van der Waals surface area contributed by atoms with Gasteiger partial charge in [0.15, 0.2) is 6.10 Å². The van der Waals surface area contributed by atoms with Crippen LogP contribution in [0.1, 0.15) is 239 Å². The zero-order valence-electron chi connectivity index (χ0n) is 40.1. The molecule has 354 valence electrons. The number of esters is 2. The van der Waals surface area contributed by atoms with Gasteiger partial charge in [0.2, 0.25) is 0 Å². The first-order valence-electron chi connectivity index (χ1n) is 25.4. The molecule has 0 heterocycles. The van der Waals surface area contributed by atoms with Crippen molar-refractivity contribution in [3.63, 3.8) is 0 Å². The van der Waals surface area contributed by atoms with Crippen molar-refractivity contribution in [2.75, 3.05) is 47.5 Å². The minimum absolute atomic E-state index is 0.179. The lowest BCUT2D eigenvalue weighted by Crippen LogP contribution is -2.40. The topological polar surface area (TPSA) is 108 Å². The van der Waals surface area contributed by atoms with Crippen molar-refractivity contribution in [2.45, 2.75) is 251 Å². The molecular formula is C51H98NO8+. The van der Waals surface area contributed by atoms with E-state index in [0.717, 1.165) is 51.4 Å². The van der Waals surface area contributed by atoms with Gasteiger partial charge in [-0.2, -0.15) is 0 Å². The smallest absolute Gasteiger partial charge is 0.361 e. The van der Waals surface area contributed by atoms with Gasteiger partial charge in [0.05, 0.1) is 34.4 Å². The number of quaternary nitrogens is 1. The van der Waals surface area contributed by atoms with Crippen LogP contribution >= 0.6 is 0 Å². The maximum Gasteiger partial charge on any atom is 0.361 e. The minimum atomic E-state index is -1.51. The van der Waals surface area contributed by atoms with E-state index >= 15 is 0 Å². The first kappa shape index (κ1) is 58.0. The number of carbonyl (C=O) groups excluding carboxylic acids is 2. The second-order valence-electron chi connectivity index (χ2n) is 18.5. The number of nitrogens with zero attached hydrogens (tertiary/aromatic N) is 1. The van der Waals surface area contributed by atoms with Crippen LogP contribution in [-0.2, 0) is 33.3 Å². The molecule has 0 spiro atoms. The van der Waals surface area contributed by atoms with Gasteiger partial charge in [-0.05, 0) is 38.5 Å². The van der Waals surface area contributed by atoms with Gasteiger partial charge in [0, 0.05) is 12.8 Å². The van der Waals surface area contributed by atoms with E-state index in [1.165, 1.54) is 154 Å². The van der Waals surface area contributed by atoms with Crippen LogP contribution in [0, 0.1) is 0 Å². The molecule has 0 aliphatic heterocycles. The Balaban J connectivity index is 4.21. The number of carbonyl (C=O) groups is 3. The van der Waals surface area contributed by atoms with E-state index in [-0.39, 0.29) is 32.2 Å². The van der Waals surface area contributed by atoms with E-state index in [9.17, 15) is 19.5 Å². The fourth-order valence-corrected chi connectivity index (χ4v) is 7.30. The Morgan fingerprint density at radius 3 is 1.27 bits per heavy atom. The number of carboxylic acid groups (broad SMARTS) is 1. The summed E-state index contributed by atoms with van der Waals surface area (Å²) in [4.78, 5) is 37.2. The molecule has 2 unspecified atom stereocenters. The molecule has 2 atom stereocenters. The average Bonchev–Trinajstić information content (AvgIpc) is 3.21. The second kappa shape index (κ2) is 43.7.